The van der Waals surface area contributed by atoms with Gasteiger partial charge in [0, 0.05) is 29.9 Å². The fourth-order valence-corrected chi connectivity index (χ4v) is 3.00. The van der Waals surface area contributed by atoms with E-state index in [4.69, 9.17) is 0 Å². The number of nitrogens with one attached hydrogen (secondary N) is 1. The van der Waals surface area contributed by atoms with Crippen molar-refractivity contribution < 1.29 is 0 Å². The van der Waals surface area contributed by atoms with Crippen molar-refractivity contribution in [3.8, 4) is 0 Å². The first kappa shape index (κ1) is 13.6. The summed E-state index contributed by atoms with van der Waals surface area (Å²) in [6, 6.07) is 2.19. The molecular weight excluding hydrogens is 222 g/mol. The van der Waals surface area contributed by atoms with Gasteiger partial charge >= 0.3 is 0 Å². The number of hydrogen-bond acceptors (Lipinski definition) is 2. The molecule has 1 saturated carbocycles. The van der Waals surface area contributed by atoms with Crippen LogP contribution in [0.5, 0.6) is 0 Å². The van der Waals surface area contributed by atoms with Crippen LogP contribution in [0.25, 0.3) is 0 Å². The van der Waals surface area contributed by atoms with E-state index >= 15 is 0 Å². The number of rotatable bonds is 4. The molecule has 0 saturated heterocycles. The molecule has 102 valence electrons. The summed E-state index contributed by atoms with van der Waals surface area (Å²) < 4.78 is 2.14. The van der Waals surface area contributed by atoms with Gasteiger partial charge in [0.2, 0.25) is 0 Å². The van der Waals surface area contributed by atoms with E-state index in [2.05, 4.69) is 62.7 Å². The number of hydrogen-bond donors (Lipinski definition) is 1. The second kappa shape index (κ2) is 4.37. The summed E-state index contributed by atoms with van der Waals surface area (Å²) in [7, 11) is 0. The molecule has 2 unspecified atom stereocenters. The number of aromatic nitrogens is 2. The summed E-state index contributed by atoms with van der Waals surface area (Å²) in [4.78, 5) is 0. The normalized spacial score (nSPS) is 26.3. The molecule has 0 bridgehead atoms. The predicted molar refractivity (Wildman–Crippen MR) is 75.7 cm³/mol. The Kier molecular flexibility index (Phi) is 3.30. The molecule has 3 nitrogen and oxygen atoms in total. The average molecular weight is 249 g/mol. The van der Waals surface area contributed by atoms with E-state index in [-0.39, 0.29) is 5.54 Å². The topological polar surface area (TPSA) is 29.9 Å². The monoisotopic (exact) mass is 249 g/mol. The lowest BCUT2D eigenvalue weighted by molar-refractivity contribution is 0.396. The Morgan fingerprint density at radius 2 is 2.06 bits per heavy atom. The van der Waals surface area contributed by atoms with E-state index in [1.54, 1.807) is 0 Å². The van der Waals surface area contributed by atoms with Crippen LogP contribution in [0.15, 0.2) is 12.3 Å². The van der Waals surface area contributed by atoms with Crippen molar-refractivity contribution in [3.05, 3.63) is 18.0 Å². The van der Waals surface area contributed by atoms with Gasteiger partial charge in [-0.05, 0) is 51.6 Å². The minimum atomic E-state index is 0.203. The van der Waals surface area contributed by atoms with E-state index in [9.17, 15) is 0 Å². The fourth-order valence-electron chi connectivity index (χ4n) is 3.00. The zero-order valence-corrected chi connectivity index (χ0v) is 12.6. The fraction of sp³-hybridized carbons (Fsp3) is 0.800. The SMILES string of the molecule is CCn1nccc1C1C(CNC(C)(C)C)C1(C)C. The summed E-state index contributed by atoms with van der Waals surface area (Å²) in [6.45, 7) is 15.7. The van der Waals surface area contributed by atoms with Gasteiger partial charge in [0.05, 0.1) is 0 Å². The van der Waals surface area contributed by atoms with Gasteiger partial charge in [-0.1, -0.05) is 13.8 Å². The highest BCUT2D eigenvalue weighted by Gasteiger charge is 2.59. The Morgan fingerprint density at radius 3 is 2.61 bits per heavy atom. The van der Waals surface area contributed by atoms with Crippen molar-refractivity contribution in [2.75, 3.05) is 6.54 Å². The third kappa shape index (κ3) is 2.46. The van der Waals surface area contributed by atoms with Crippen LogP contribution in [-0.4, -0.2) is 21.9 Å². The van der Waals surface area contributed by atoms with Crippen molar-refractivity contribution >= 4 is 0 Å². The van der Waals surface area contributed by atoms with Gasteiger partial charge in [-0.2, -0.15) is 5.10 Å². The lowest BCUT2D eigenvalue weighted by Crippen LogP contribution is -2.37. The minimum Gasteiger partial charge on any atom is -0.312 e. The molecule has 0 aromatic carbocycles. The molecule has 0 amide bonds. The minimum absolute atomic E-state index is 0.203. The van der Waals surface area contributed by atoms with Crippen molar-refractivity contribution in [1.29, 1.82) is 0 Å². The van der Waals surface area contributed by atoms with Gasteiger partial charge in [0.15, 0.2) is 0 Å². The first-order valence-electron chi connectivity index (χ1n) is 7.04. The molecule has 0 radical (unpaired) electrons. The molecule has 1 aromatic heterocycles. The molecular formula is C15H27N3. The molecule has 3 heteroatoms. The smallest absolute Gasteiger partial charge is 0.0492 e. The van der Waals surface area contributed by atoms with Crippen LogP contribution in [0.4, 0.5) is 0 Å². The Bertz CT molecular complexity index is 412. The molecule has 0 spiro atoms. The van der Waals surface area contributed by atoms with Gasteiger partial charge in [-0.3, -0.25) is 4.68 Å². The molecule has 1 N–H and O–H groups in total. The van der Waals surface area contributed by atoms with Crippen molar-refractivity contribution in [1.82, 2.24) is 15.1 Å². The van der Waals surface area contributed by atoms with Gasteiger partial charge < -0.3 is 5.32 Å². The quantitative estimate of drug-likeness (QED) is 0.889. The highest BCUT2D eigenvalue weighted by Crippen LogP contribution is 2.64. The average Bonchev–Trinajstić information content (AvgIpc) is 2.62. The third-order valence-electron chi connectivity index (χ3n) is 4.27. The lowest BCUT2D eigenvalue weighted by atomic mass is 10.1. The maximum atomic E-state index is 4.40. The van der Waals surface area contributed by atoms with Crippen LogP contribution in [0.1, 0.15) is 53.2 Å². The van der Waals surface area contributed by atoms with Gasteiger partial charge in [-0.15, -0.1) is 0 Å². The molecule has 1 heterocycles. The first-order chi connectivity index (χ1) is 8.27. The van der Waals surface area contributed by atoms with Crippen molar-refractivity contribution in [3.63, 3.8) is 0 Å². The number of aryl methyl sites for hydroxylation is 1. The van der Waals surface area contributed by atoms with Crippen molar-refractivity contribution in [2.24, 2.45) is 11.3 Å². The molecule has 18 heavy (non-hydrogen) atoms. The highest BCUT2D eigenvalue weighted by molar-refractivity contribution is 5.26. The van der Waals surface area contributed by atoms with Crippen LogP contribution < -0.4 is 5.32 Å². The molecule has 1 aliphatic carbocycles. The molecule has 1 aliphatic rings. The third-order valence-corrected chi connectivity index (χ3v) is 4.27. The second-order valence-corrected chi connectivity index (χ2v) is 7.11. The Labute approximate surface area is 111 Å². The van der Waals surface area contributed by atoms with Gasteiger partial charge in [0.25, 0.3) is 0 Å². The first-order valence-corrected chi connectivity index (χ1v) is 7.04. The highest BCUT2D eigenvalue weighted by atomic mass is 15.3. The zero-order chi connectivity index (χ0) is 13.6. The predicted octanol–water partition coefficient (Wildman–Crippen LogP) is 3.03. The van der Waals surface area contributed by atoms with Crippen molar-refractivity contribution in [2.45, 2.75) is 59.5 Å². The maximum Gasteiger partial charge on any atom is 0.0492 e. The Hall–Kier alpha value is -0.830. The Balaban J connectivity index is 2.07. The van der Waals surface area contributed by atoms with E-state index in [1.807, 2.05) is 6.20 Å². The molecule has 1 fully saturated rings. The Morgan fingerprint density at radius 1 is 1.39 bits per heavy atom. The van der Waals surface area contributed by atoms with Crippen LogP contribution >= 0.6 is 0 Å². The van der Waals surface area contributed by atoms with E-state index in [1.165, 1.54) is 5.69 Å². The van der Waals surface area contributed by atoms with E-state index in [0.717, 1.165) is 19.0 Å². The van der Waals surface area contributed by atoms with Crippen LogP contribution in [0.2, 0.25) is 0 Å². The summed E-state index contributed by atoms with van der Waals surface area (Å²) in [5.74, 6) is 1.37. The standard InChI is InChI=1S/C15H27N3/c1-7-18-12(8-9-17-18)13-11(15(13,5)6)10-16-14(2,3)4/h8-9,11,13,16H,7,10H2,1-6H3. The van der Waals surface area contributed by atoms with E-state index in [0.29, 0.717) is 11.3 Å². The zero-order valence-electron chi connectivity index (χ0n) is 12.6. The maximum absolute atomic E-state index is 4.40. The van der Waals surface area contributed by atoms with Crippen LogP contribution in [-0.2, 0) is 6.54 Å². The molecule has 0 aliphatic heterocycles. The summed E-state index contributed by atoms with van der Waals surface area (Å²) in [5, 5.41) is 8.04. The summed E-state index contributed by atoms with van der Waals surface area (Å²) >= 11 is 0. The molecule has 1 aromatic rings. The molecule has 2 rings (SSSR count). The molecule has 2 atom stereocenters. The summed E-state index contributed by atoms with van der Waals surface area (Å²) in [6.07, 6.45) is 1.93. The largest absolute Gasteiger partial charge is 0.312 e. The van der Waals surface area contributed by atoms with E-state index < -0.39 is 0 Å². The summed E-state index contributed by atoms with van der Waals surface area (Å²) in [5.41, 5.74) is 2.00. The number of nitrogens with zero attached hydrogens (tertiary/aromatic N) is 2. The lowest BCUT2D eigenvalue weighted by Gasteiger charge is -2.21. The van der Waals surface area contributed by atoms with Gasteiger partial charge in [-0.25, -0.2) is 0 Å². The van der Waals surface area contributed by atoms with Crippen LogP contribution in [0, 0.1) is 11.3 Å². The second-order valence-electron chi connectivity index (χ2n) is 7.11. The van der Waals surface area contributed by atoms with Gasteiger partial charge in [0.1, 0.15) is 0 Å². The van der Waals surface area contributed by atoms with Crippen LogP contribution in [0.3, 0.4) is 0 Å².